The van der Waals surface area contributed by atoms with Crippen LogP contribution in [0.15, 0.2) is 42.5 Å². The second kappa shape index (κ2) is 6.92. The van der Waals surface area contributed by atoms with Crippen LogP contribution in [0.2, 0.25) is 5.02 Å². The third-order valence-electron chi connectivity index (χ3n) is 3.20. The quantitative estimate of drug-likeness (QED) is 0.778. The van der Waals surface area contributed by atoms with E-state index in [-0.39, 0.29) is 6.04 Å². The number of aryl methyl sites for hydroxylation is 2. The third-order valence-corrected chi connectivity index (χ3v) is 3.67. The summed E-state index contributed by atoms with van der Waals surface area (Å²) in [6, 6.07) is 14.2. The van der Waals surface area contributed by atoms with Crippen molar-refractivity contribution >= 4 is 34.6 Å². The lowest BCUT2D eigenvalue weighted by molar-refractivity contribution is 0.722. The van der Waals surface area contributed by atoms with Gasteiger partial charge in [0.25, 0.3) is 0 Å². The molecule has 0 aliphatic heterocycles. The van der Waals surface area contributed by atoms with Crippen LogP contribution < -0.4 is 10.6 Å². The summed E-state index contributed by atoms with van der Waals surface area (Å²) in [7, 11) is 0. The Balaban J connectivity index is 1.99. The van der Waals surface area contributed by atoms with E-state index in [4.69, 9.17) is 23.8 Å². The fourth-order valence-electron chi connectivity index (χ4n) is 2.25. The molecule has 2 nitrogen and oxygen atoms in total. The Morgan fingerprint density at radius 2 is 1.62 bits per heavy atom. The second-order valence-electron chi connectivity index (χ2n) is 5.25. The molecule has 0 aliphatic rings. The van der Waals surface area contributed by atoms with Gasteiger partial charge in [-0.2, -0.15) is 0 Å². The smallest absolute Gasteiger partial charge is 0.171 e. The topological polar surface area (TPSA) is 24.1 Å². The molecule has 1 atom stereocenters. The molecule has 0 spiro atoms. The van der Waals surface area contributed by atoms with Gasteiger partial charge in [0.1, 0.15) is 0 Å². The van der Waals surface area contributed by atoms with Crippen molar-refractivity contribution in [2.45, 2.75) is 26.8 Å². The Morgan fingerprint density at radius 3 is 2.19 bits per heavy atom. The molecule has 2 aromatic rings. The van der Waals surface area contributed by atoms with Crippen LogP contribution in [-0.2, 0) is 0 Å². The van der Waals surface area contributed by atoms with Crippen LogP contribution in [0.25, 0.3) is 0 Å². The zero-order valence-electron chi connectivity index (χ0n) is 12.4. The van der Waals surface area contributed by atoms with Crippen molar-refractivity contribution in [1.29, 1.82) is 0 Å². The van der Waals surface area contributed by atoms with E-state index >= 15 is 0 Å². The first-order valence-electron chi connectivity index (χ1n) is 6.85. The molecule has 0 heterocycles. The highest BCUT2D eigenvalue weighted by molar-refractivity contribution is 7.80. The lowest BCUT2D eigenvalue weighted by atomic mass is 10.1. The molecule has 0 fully saturated rings. The van der Waals surface area contributed by atoms with Crippen molar-refractivity contribution in [2.75, 3.05) is 5.32 Å². The first-order chi connectivity index (χ1) is 9.94. The first-order valence-corrected chi connectivity index (χ1v) is 7.64. The first kappa shape index (κ1) is 15.8. The Morgan fingerprint density at radius 1 is 1.05 bits per heavy atom. The molecule has 0 saturated heterocycles. The number of halogens is 1. The fraction of sp³-hybridized carbons (Fsp3) is 0.235. The van der Waals surface area contributed by atoms with E-state index in [2.05, 4.69) is 49.6 Å². The van der Waals surface area contributed by atoms with Crippen LogP contribution in [0.5, 0.6) is 0 Å². The molecule has 0 amide bonds. The summed E-state index contributed by atoms with van der Waals surface area (Å²) in [5.74, 6) is 0. The molecule has 2 N–H and O–H groups in total. The van der Waals surface area contributed by atoms with E-state index in [1.165, 1.54) is 11.1 Å². The maximum absolute atomic E-state index is 5.90. The molecular formula is C17H19ClN2S. The van der Waals surface area contributed by atoms with Crippen molar-refractivity contribution in [3.63, 3.8) is 0 Å². The Labute approximate surface area is 136 Å². The highest BCUT2D eigenvalue weighted by Gasteiger charge is 2.07. The Kier molecular flexibility index (Phi) is 5.21. The predicted octanol–water partition coefficient (Wildman–Crippen LogP) is 5.00. The summed E-state index contributed by atoms with van der Waals surface area (Å²) in [6.45, 7) is 6.22. The van der Waals surface area contributed by atoms with Gasteiger partial charge in [-0.1, -0.05) is 29.8 Å². The zero-order valence-corrected chi connectivity index (χ0v) is 14.0. The molecule has 0 saturated carbocycles. The molecule has 0 aliphatic carbocycles. The number of nitrogens with one attached hydrogen (secondary N) is 2. The molecular weight excluding hydrogens is 300 g/mol. The van der Waals surface area contributed by atoms with Gasteiger partial charge in [-0.25, -0.2) is 0 Å². The molecule has 0 bridgehead atoms. The largest absolute Gasteiger partial charge is 0.356 e. The van der Waals surface area contributed by atoms with Gasteiger partial charge in [-0.3, -0.25) is 0 Å². The molecule has 0 aromatic heterocycles. The van der Waals surface area contributed by atoms with Gasteiger partial charge in [0.15, 0.2) is 5.11 Å². The normalized spacial score (nSPS) is 11.8. The minimum atomic E-state index is 0.119. The van der Waals surface area contributed by atoms with Crippen LogP contribution in [0.4, 0.5) is 5.69 Å². The molecule has 0 unspecified atom stereocenters. The van der Waals surface area contributed by atoms with Crippen molar-refractivity contribution in [1.82, 2.24) is 5.32 Å². The van der Waals surface area contributed by atoms with Crippen LogP contribution in [0, 0.1) is 13.8 Å². The standard InChI is InChI=1S/C17H19ClN2S/c1-11-8-12(2)10-16(9-11)20-17(21)19-13(3)14-4-6-15(18)7-5-14/h4-10,13H,1-3H3,(H2,19,20,21)/t13-/m1/s1. The molecule has 2 rings (SSSR count). The highest BCUT2D eigenvalue weighted by atomic mass is 35.5. The van der Waals surface area contributed by atoms with Gasteiger partial charge < -0.3 is 10.6 Å². The van der Waals surface area contributed by atoms with Crippen molar-refractivity contribution in [2.24, 2.45) is 0 Å². The molecule has 4 heteroatoms. The number of hydrogen-bond donors (Lipinski definition) is 2. The summed E-state index contributed by atoms with van der Waals surface area (Å²) >= 11 is 11.3. The minimum absolute atomic E-state index is 0.119. The number of anilines is 1. The molecule has 2 aromatic carbocycles. The number of rotatable bonds is 3. The predicted molar refractivity (Wildman–Crippen MR) is 95.1 cm³/mol. The van der Waals surface area contributed by atoms with Crippen LogP contribution in [-0.4, -0.2) is 5.11 Å². The van der Waals surface area contributed by atoms with Crippen molar-refractivity contribution < 1.29 is 0 Å². The minimum Gasteiger partial charge on any atom is -0.356 e. The van der Waals surface area contributed by atoms with Crippen molar-refractivity contribution in [3.05, 3.63) is 64.2 Å². The monoisotopic (exact) mass is 318 g/mol. The average molecular weight is 319 g/mol. The Hall–Kier alpha value is -1.58. The summed E-state index contributed by atoms with van der Waals surface area (Å²) < 4.78 is 0. The number of thiocarbonyl (C=S) groups is 1. The van der Waals surface area contributed by atoms with E-state index in [9.17, 15) is 0 Å². The fourth-order valence-corrected chi connectivity index (χ4v) is 2.67. The summed E-state index contributed by atoms with van der Waals surface area (Å²) in [6.07, 6.45) is 0. The van der Waals surface area contributed by atoms with E-state index in [1.54, 1.807) is 0 Å². The van der Waals surface area contributed by atoms with E-state index in [0.717, 1.165) is 16.3 Å². The third kappa shape index (κ3) is 4.73. The van der Waals surface area contributed by atoms with Gasteiger partial charge in [-0.05, 0) is 73.9 Å². The molecule has 110 valence electrons. The van der Waals surface area contributed by atoms with E-state index in [1.807, 2.05) is 24.3 Å². The van der Waals surface area contributed by atoms with Crippen LogP contribution >= 0.6 is 23.8 Å². The maximum atomic E-state index is 5.90. The summed E-state index contributed by atoms with van der Waals surface area (Å²) in [5.41, 5.74) is 4.58. The van der Waals surface area contributed by atoms with Crippen LogP contribution in [0.3, 0.4) is 0 Å². The molecule has 21 heavy (non-hydrogen) atoms. The van der Waals surface area contributed by atoms with Gasteiger partial charge in [0.05, 0.1) is 6.04 Å². The zero-order chi connectivity index (χ0) is 15.4. The second-order valence-corrected chi connectivity index (χ2v) is 6.09. The summed E-state index contributed by atoms with van der Waals surface area (Å²) in [5, 5.41) is 7.86. The number of benzene rings is 2. The SMILES string of the molecule is Cc1cc(C)cc(NC(=S)N[C@H](C)c2ccc(Cl)cc2)c1. The lowest BCUT2D eigenvalue weighted by Gasteiger charge is -2.18. The maximum Gasteiger partial charge on any atom is 0.171 e. The average Bonchev–Trinajstić information content (AvgIpc) is 2.37. The van der Waals surface area contributed by atoms with Gasteiger partial charge in [0.2, 0.25) is 0 Å². The lowest BCUT2D eigenvalue weighted by Crippen LogP contribution is -2.30. The van der Waals surface area contributed by atoms with Gasteiger partial charge >= 0.3 is 0 Å². The van der Waals surface area contributed by atoms with E-state index in [0.29, 0.717) is 5.11 Å². The van der Waals surface area contributed by atoms with Crippen LogP contribution in [0.1, 0.15) is 29.7 Å². The van der Waals surface area contributed by atoms with Gasteiger partial charge in [0, 0.05) is 10.7 Å². The van der Waals surface area contributed by atoms with E-state index < -0.39 is 0 Å². The number of hydrogen-bond acceptors (Lipinski definition) is 1. The highest BCUT2D eigenvalue weighted by Crippen LogP contribution is 2.17. The summed E-state index contributed by atoms with van der Waals surface area (Å²) in [4.78, 5) is 0. The van der Waals surface area contributed by atoms with Crippen molar-refractivity contribution in [3.8, 4) is 0 Å². The van der Waals surface area contributed by atoms with Gasteiger partial charge in [-0.15, -0.1) is 0 Å². The Bertz CT molecular complexity index is 617. The molecule has 0 radical (unpaired) electrons.